The fraction of sp³-hybridized carbons (Fsp3) is 0.182. The van der Waals surface area contributed by atoms with Gasteiger partial charge in [-0.2, -0.15) is 0 Å². The molecule has 0 aliphatic carbocycles. The van der Waals surface area contributed by atoms with Gasteiger partial charge in [-0.15, -0.1) is 0 Å². The number of anilines is 1. The fourth-order valence-electron chi connectivity index (χ4n) is 3.22. The third-order valence-electron chi connectivity index (χ3n) is 4.61. The molecule has 7 nitrogen and oxygen atoms in total. The van der Waals surface area contributed by atoms with Crippen LogP contribution in [-0.2, 0) is 14.3 Å². The van der Waals surface area contributed by atoms with E-state index in [1.54, 1.807) is 38.1 Å². The van der Waals surface area contributed by atoms with Crippen LogP contribution in [0.2, 0.25) is 0 Å². The van der Waals surface area contributed by atoms with Gasteiger partial charge in [0.05, 0.1) is 28.2 Å². The Morgan fingerprint density at radius 2 is 1.79 bits per heavy atom. The van der Waals surface area contributed by atoms with E-state index in [0.29, 0.717) is 11.4 Å². The molecule has 148 valence electrons. The van der Waals surface area contributed by atoms with Gasteiger partial charge in [-0.1, -0.05) is 29.8 Å². The Bertz CT molecular complexity index is 1050. The van der Waals surface area contributed by atoms with Crippen LogP contribution in [0.25, 0.3) is 6.08 Å². The molecule has 0 saturated heterocycles. The number of nitrogens with zero attached hydrogens (tertiary/aromatic N) is 2. The molecule has 0 atom stereocenters. The van der Waals surface area contributed by atoms with Crippen LogP contribution in [0.5, 0.6) is 0 Å². The van der Waals surface area contributed by atoms with Crippen LogP contribution in [0.4, 0.5) is 11.4 Å². The summed E-state index contributed by atoms with van der Waals surface area (Å²) >= 11 is 0. The Morgan fingerprint density at radius 1 is 1.14 bits per heavy atom. The number of carbonyl (C=O) groups is 2. The van der Waals surface area contributed by atoms with Crippen molar-refractivity contribution in [3.63, 3.8) is 0 Å². The number of nitro benzene ring substituents is 1. The van der Waals surface area contributed by atoms with Crippen LogP contribution in [-0.4, -0.2) is 23.4 Å². The quantitative estimate of drug-likeness (QED) is 0.330. The first-order valence-electron chi connectivity index (χ1n) is 9.09. The highest BCUT2D eigenvalue weighted by Crippen LogP contribution is 2.36. The molecular formula is C22H20N2O5. The molecule has 0 radical (unpaired) electrons. The van der Waals surface area contributed by atoms with Crippen molar-refractivity contribution >= 4 is 29.3 Å². The van der Waals surface area contributed by atoms with Gasteiger partial charge in [-0.25, -0.2) is 4.79 Å². The van der Waals surface area contributed by atoms with Gasteiger partial charge >= 0.3 is 5.97 Å². The highest BCUT2D eigenvalue weighted by molar-refractivity contribution is 6.24. The smallest absolute Gasteiger partial charge is 0.340 e. The van der Waals surface area contributed by atoms with Crippen molar-refractivity contribution < 1.29 is 19.2 Å². The molecule has 2 aromatic rings. The second kappa shape index (κ2) is 8.10. The summed E-state index contributed by atoms with van der Waals surface area (Å²) in [6.07, 6.45) is 1.38. The van der Waals surface area contributed by atoms with Crippen LogP contribution in [0.3, 0.4) is 0 Å². The predicted octanol–water partition coefficient (Wildman–Crippen LogP) is 4.17. The van der Waals surface area contributed by atoms with Crippen molar-refractivity contribution in [2.45, 2.75) is 20.8 Å². The molecule has 0 bridgehead atoms. The molecule has 0 N–H and O–H groups in total. The average molecular weight is 392 g/mol. The molecule has 0 aromatic heterocycles. The van der Waals surface area contributed by atoms with Crippen molar-refractivity contribution in [3.05, 3.63) is 86.6 Å². The normalized spacial score (nSPS) is 15.2. The minimum Gasteiger partial charge on any atom is -0.462 e. The Kier molecular flexibility index (Phi) is 5.59. The standard InChI is InChI=1S/C22H20N2O5/c1-4-29-22(26)20-15(3)23(17-11-9-14(2)10-12-17)21(25)18(20)13-16-7-5-6-8-19(16)24(27)28/h5-13H,4H2,1-3H3. The molecule has 7 heteroatoms. The van der Waals surface area contributed by atoms with Crippen LogP contribution >= 0.6 is 0 Å². The van der Waals surface area contributed by atoms with E-state index < -0.39 is 16.8 Å². The summed E-state index contributed by atoms with van der Waals surface area (Å²) in [5.74, 6) is -1.08. The lowest BCUT2D eigenvalue weighted by atomic mass is 10.0. The lowest BCUT2D eigenvalue weighted by molar-refractivity contribution is -0.385. The molecule has 1 aliphatic heterocycles. The molecule has 2 aromatic carbocycles. The number of nitro groups is 1. The van der Waals surface area contributed by atoms with Gasteiger partial charge in [-0.3, -0.25) is 19.8 Å². The zero-order valence-electron chi connectivity index (χ0n) is 16.3. The number of benzene rings is 2. The van der Waals surface area contributed by atoms with E-state index >= 15 is 0 Å². The van der Waals surface area contributed by atoms with Crippen LogP contribution in [0.1, 0.15) is 25.0 Å². The first-order chi connectivity index (χ1) is 13.8. The van der Waals surface area contributed by atoms with Gasteiger partial charge in [0.15, 0.2) is 0 Å². The van der Waals surface area contributed by atoms with Gasteiger partial charge in [0.25, 0.3) is 11.6 Å². The van der Waals surface area contributed by atoms with Crippen LogP contribution in [0.15, 0.2) is 65.4 Å². The first kappa shape index (κ1) is 20.0. The summed E-state index contributed by atoms with van der Waals surface area (Å²) in [7, 11) is 0. The van der Waals surface area contributed by atoms with Crippen LogP contribution in [0, 0.1) is 17.0 Å². The monoisotopic (exact) mass is 392 g/mol. The molecule has 3 rings (SSSR count). The zero-order valence-corrected chi connectivity index (χ0v) is 16.3. The van der Waals surface area contributed by atoms with E-state index in [2.05, 4.69) is 0 Å². The maximum absolute atomic E-state index is 13.2. The molecule has 0 fully saturated rings. The number of aryl methyl sites for hydroxylation is 1. The molecular weight excluding hydrogens is 372 g/mol. The molecule has 0 saturated carbocycles. The number of amides is 1. The Morgan fingerprint density at radius 3 is 2.41 bits per heavy atom. The predicted molar refractivity (Wildman–Crippen MR) is 109 cm³/mol. The van der Waals surface area contributed by atoms with E-state index in [4.69, 9.17) is 4.74 Å². The number of hydrogen-bond donors (Lipinski definition) is 0. The third-order valence-corrected chi connectivity index (χ3v) is 4.61. The number of para-hydroxylation sites is 1. The van der Waals surface area contributed by atoms with E-state index in [1.165, 1.54) is 23.1 Å². The average Bonchev–Trinajstić information content (AvgIpc) is 2.93. The van der Waals surface area contributed by atoms with Crippen molar-refractivity contribution in [1.29, 1.82) is 0 Å². The summed E-state index contributed by atoms with van der Waals surface area (Å²) in [4.78, 5) is 38.1. The highest BCUT2D eigenvalue weighted by Gasteiger charge is 2.38. The molecule has 29 heavy (non-hydrogen) atoms. The number of ether oxygens (including phenoxy) is 1. The Balaban J connectivity index is 2.17. The van der Waals surface area contributed by atoms with Gasteiger partial charge in [-0.05, 0) is 45.0 Å². The second-order valence-corrected chi connectivity index (χ2v) is 6.53. The Hall–Kier alpha value is -3.74. The van der Waals surface area contributed by atoms with Gasteiger partial charge in [0, 0.05) is 17.5 Å². The summed E-state index contributed by atoms with van der Waals surface area (Å²) < 4.78 is 5.14. The minimum absolute atomic E-state index is 0.0656. The van der Waals surface area contributed by atoms with E-state index in [-0.39, 0.29) is 29.0 Å². The summed E-state index contributed by atoms with van der Waals surface area (Å²) in [6, 6.07) is 13.4. The number of esters is 1. The summed E-state index contributed by atoms with van der Waals surface area (Å²) in [6.45, 7) is 5.41. The largest absolute Gasteiger partial charge is 0.462 e. The lowest BCUT2D eigenvalue weighted by Gasteiger charge is -2.18. The number of rotatable bonds is 5. The highest BCUT2D eigenvalue weighted by atomic mass is 16.6. The zero-order chi connectivity index (χ0) is 21.1. The topological polar surface area (TPSA) is 89.8 Å². The van der Waals surface area contributed by atoms with Gasteiger partial charge in [0.2, 0.25) is 0 Å². The fourth-order valence-corrected chi connectivity index (χ4v) is 3.22. The van der Waals surface area contributed by atoms with Crippen molar-refractivity contribution in [1.82, 2.24) is 0 Å². The van der Waals surface area contributed by atoms with E-state index in [1.807, 2.05) is 19.1 Å². The maximum Gasteiger partial charge on any atom is 0.340 e. The third kappa shape index (κ3) is 3.80. The van der Waals surface area contributed by atoms with Crippen molar-refractivity contribution in [2.24, 2.45) is 0 Å². The van der Waals surface area contributed by atoms with Crippen LogP contribution < -0.4 is 4.90 Å². The number of allylic oxidation sites excluding steroid dienone is 1. The first-order valence-corrected chi connectivity index (χ1v) is 9.09. The number of carbonyl (C=O) groups excluding carboxylic acids is 2. The molecule has 0 spiro atoms. The van der Waals surface area contributed by atoms with E-state index in [0.717, 1.165) is 5.56 Å². The van der Waals surface area contributed by atoms with Crippen molar-refractivity contribution in [3.8, 4) is 0 Å². The van der Waals surface area contributed by atoms with E-state index in [9.17, 15) is 19.7 Å². The van der Waals surface area contributed by atoms with Gasteiger partial charge in [0.1, 0.15) is 0 Å². The second-order valence-electron chi connectivity index (χ2n) is 6.53. The van der Waals surface area contributed by atoms with Gasteiger partial charge < -0.3 is 4.74 Å². The number of hydrogen-bond acceptors (Lipinski definition) is 5. The Labute approximate surface area is 168 Å². The molecule has 1 aliphatic rings. The summed E-state index contributed by atoms with van der Waals surface area (Å²) in [5.41, 5.74) is 2.31. The summed E-state index contributed by atoms with van der Waals surface area (Å²) in [5, 5.41) is 11.4. The molecule has 0 unspecified atom stereocenters. The lowest BCUT2D eigenvalue weighted by Crippen LogP contribution is -2.24. The molecule has 1 heterocycles. The van der Waals surface area contributed by atoms with Crippen molar-refractivity contribution in [2.75, 3.05) is 11.5 Å². The SMILES string of the molecule is CCOC(=O)C1=C(C)N(c2ccc(C)cc2)C(=O)C1=Cc1ccccc1[N+](=O)[O-]. The molecule has 1 amide bonds. The maximum atomic E-state index is 13.2. The minimum atomic E-state index is -0.641.